The Balaban J connectivity index is 2.02. The van der Waals surface area contributed by atoms with Crippen molar-refractivity contribution in [2.24, 2.45) is 0 Å². The molecule has 1 N–H and O–H groups in total. The molecule has 0 radical (unpaired) electrons. The first kappa shape index (κ1) is 18.1. The molecule has 4 heteroatoms. The Morgan fingerprint density at radius 1 is 1.12 bits per heavy atom. The van der Waals surface area contributed by atoms with E-state index in [0.29, 0.717) is 12.1 Å². The molecule has 0 aliphatic carbocycles. The number of hydrogen-bond donors (Lipinski definition) is 1. The number of pyridine rings is 1. The molecule has 2 rings (SSSR count). The Hall–Kier alpha value is -2.20. The molecule has 128 valence electrons. The van der Waals surface area contributed by atoms with Crippen LogP contribution in [0.5, 0.6) is 0 Å². The van der Waals surface area contributed by atoms with Gasteiger partial charge in [-0.05, 0) is 44.1 Å². The summed E-state index contributed by atoms with van der Waals surface area (Å²) in [6.07, 6.45) is 2.56. The summed E-state index contributed by atoms with van der Waals surface area (Å²) in [5.41, 5.74) is 2.82. The van der Waals surface area contributed by atoms with Crippen LogP contribution in [-0.4, -0.2) is 41.5 Å². The van der Waals surface area contributed by atoms with Gasteiger partial charge in [-0.2, -0.15) is 0 Å². The van der Waals surface area contributed by atoms with Crippen molar-refractivity contribution in [1.29, 1.82) is 0 Å². The second kappa shape index (κ2) is 9.18. The highest BCUT2D eigenvalue weighted by Crippen LogP contribution is 2.09. The lowest BCUT2D eigenvalue weighted by atomic mass is 10.0. The van der Waals surface area contributed by atoms with E-state index in [1.807, 2.05) is 25.1 Å². The first-order valence-corrected chi connectivity index (χ1v) is 8.62. The van der Waals surface area contributed by atoms with E-state index in [-0.39, 0.29) is 11.9 Å². The number of likely N-dealkylation sites (N-methyl/N-ethyl adjacent to an activating group) is 1. The van der Waals surface area contributed by atoms with Crippen molar-refractivity contribution in [3.05, 3.63) is 65.5 Å². The molecule has 0 saturated carbocycles. The Kier molecular flexibility index (Phi) is 6.94. The van der Waals surface area contributed by atoms with Gasteiger partial charge < -0.3 is 5.32 Å². The van der Waals surface area contributed by atoms with Crippen LogP contribution in [0.3, 0.4) is 0 Å². The number of aryl methyl sites for hydroxylation is 1. The standard InChI is InChI=1S/C20H27N3O/c1-4-23(5-2)19(13-17-9-7-6-8-10-17)15-22-20(24)18-12-11-16(3)21-14-18/h6-12,14,19H,4-5,13,15H2,1-3H3,(H,22,24). The Morgan fingerprint density at radius 2 is 1.83 bits per heavy atom. The third-order valence-electron chi connectivity index (χ3n) is 4.31. The van der Waals surface area contributed by atoms with Gasteiger partial charge >= 0.3 is 0 Å². The van der Waals surface area contributed by atoms with Gasteiger partial charge in [0, 0.05) is 24.5 Å². The SMILES string of the molecule is CCN(CC)C(CNC(=O)c1ccc(C)nc1)Cc1ccccc1. The van der Waals surface area contributed by atoms with Crippen molar-refractivity contribution in [1.82, 2.24) is 15.2 Å². The Morgan fingerprint density at radius 3 is 2.42 bits per heavy atom. The molecule has 1 atom stereocenters. The van der Waals surface area contributed by atoms with E-state index < -0.39 is 0 Å². The lowest BCUT2D eigenvalue weighted by Crippen LogP contribution is -2.45. The van der Waals surface area contributed by atoms with E-state index in [1.54, 1.807) is 6.20 Å². The first-order chi connectivity index (χ1) is 11.6. The van der Waals surface area contributed by atoms with Gasteiger partial charge in [0.05, 0.1) is 5.56 Å². The van der Waals surface area contributed by atoms with Crippen molar-refractivity contribution >= 4 is 5.91 Å². The third-order valence-corrected chi connectivity index (χ3v) is 4.31. The molecule has 24 heavy (non-hydrogen) atoms. The van der Waals surface area contributed by atoms with Crippen LogP contribution in [0.15, 0.2) is 48.7 Å². The Labute approximate surface area is 144 Å². The van der Waals surface area contributed by atoms with Crippen molar-refractivity contribution in [2.45, 2.75) is 33.2 Å². The van der Waals surface area contributed by atoms with Gasteiger partial charge in [-0.1, -0.05) is 44.2 Å². The minimum absolute atomic E-state index is 0.0623. The van der Waals surface area contributed by atoms with Crippen LogP contribution in [0, 0.1) is 6.92 Å². The number of nitrogens with one attached hydrogen (secondary N) is 1. The normalized spacial score (nSPS) is 12.2. The van der Waals surface area contributed by atoms with Crippen molar-refractivity contribution in [2.75, 3.05) is 19.6 Å². The first-order valence-electron chi connectivity index (χ1n) is 8.62. The summed E-state index contributed by atoms with van der Waals surface area (Å²) in [4.78, 5) is 18.9. The molecular weight excluding hydrogens is 298 g/mol. The van der Waals surface area contributed by atoms with Crippen LogP contribution in [0.1, 0.15) is 35.5 Å². The second-order valence-electron chi connectivity index (χ2n) is 5.96. The summed E-state index contributed by atoms with van der Waals surface area (Å²) in [6.45, 7) is 8.80. The van der Waals surface area contributed by atoms with E-state index in [1.165, 1.54) is 5.56 Å². The Bertz CT molecular complexity index is 621. The van der Waals surface area contributed by atoms with Gasteiger partial charge in [0.15, 0.2) is 0 Å². The quantitative estimate of drug-likeness (QED) is 0.811. The molecule has 0 saturated heterocycles. The van der Waals surface area contributed by atoms with Crippen molar-refractivity contribution in [3.8, 4) is 0 Å². The fourth-order valence-corrected chi connectivity index (χ4v) is 2.87. The highest BCUT2D eigenvalue weighted by Gasteiger charge is 2.17. The second-order valence-corrected chi connectivity index (χ2v) is 5.96. The molecule has 1 heterocycles. The maximum atomic E-state index is 12.3. The minimum atomic E-state index is -0.0623. The topological polar surface area (TPSA) is 45.2 Å². The lowest BCUT2D eigenvalue weighted by Gasteiger charge is -2.30. The molecule has 0 aliphatic heterocycles. The fraction of sp³-hybridized carbons (Fsp3) is 0.400. The molecule has 1 unspecified atom stereocenters. The molecule has 0 aliphatic rings. The molecule has 0 fully saturated rings. The number of benzene rings is 1. The van der Waals surface area contributed by atoms with Crippen LogP contribution in [-0.2, 0) is 6.42 Å². The molecule has 1 aromatic heterocycles. The van der Waals surface area contributed by atoms with E-state index in [2.05, 4.69) is 53.3 Å². The van der Waals surface area contributed by atoms with Crippen LogP contribution in [0.4, 0.5) is 0 Å². The monoisotopic (exact) mass is 325 g/mol. The highest BCUT2D eigenvalue weighted by atomic mass is 16.1. The van der Waals surface area contributed by atoms with Crippen molar-refractivity contribution < 1.29 is 4.79 Å². The van der Waals surface area contributed by atoms with E-state index >= 15 is 0 Å². The molecule has 0 spiro atoms. The molecule has 4 nitrogen and oxygen atoms in total. The van der Waals surface area contributed by atoms with Crippen LogP contribution in [0.25, 0.3) is 0 Å². The zero-order valence-corrected chi connectivity index (χ0v) is 14.8. The summed E-state index contributed by atoms with van der Waals surface area (Å²) >= 11 is 0. The smallest absolute Gasteiger partial charge is 0.252 e. The number of aromatic nitrogens is 1. The molecule has 1 amide bonds. The number of hydrogen-bond acceptors (Lipinski definition) is 3. The fourth-order valence-electron chi connectivity index (χ4n) is 2.87. The van der Waals surface area contributed by atoms with Crippen LogP contribution in [0.2, 0.25) is 0 Å². The van der Waals surface area contributed by atoms with Gasteiger partial charge in [0.2, 0.25) is 0 Å². The maximum absolute atomic E-state index is 12.3. The number of carbonyl (C=O) groups is 1. The number of nitrogens with zero attached hydrogens (tertiary/aromatic N) is 2. The van der Waals surface area contributed by atoms with Crippen LogP contribution < -0.4 is 5.32 Å². The molecule has 2 aromatic rings. The van der Waals surface area contributed by atoms with Gasteiger partial charge in [-0.3, -0.25) is 14.7 Å². The maximum Gasteiger partial charge on any atom is 0.252 e. The minimum Gasteiger partial charge on any atom is -0.350 e. The van der Waals surface area contributed by atoms with E-state index in [9.17, 15) is 4.79 Å². The third kappa shape index (κ3) is 5.17. The van der Waals surface area contributed by atoms with E-state index in [4.69, 9.17) is 0 Å². The predicted molar refractivity (Wildman–Crippen MR) is 98.2 cm³/mol. The number of carbonyl (C=O) groups excluding carboxylic acids is 1. The summed E-state index contributed by atoms with van der Waals surface area (Å²) in [7, 11) is 0. The van der Waals surface area contributed by atoms with Crippen molar-refractivity contribution in [3.63, 3.8) is 0 Å². The lowest BCUT2D eigenvalue weighted by molar-refractivity contribution is 0.0934. The average molecular weight is 325 g/mol. The van der Waals surface area contributed by atoms with Gasteiger partial charge in [0.1, 0.15) is 0 Å². The van der Waals surface area contributed by atoms with Gasteiger partial charge in [-0.15, -0.1) is 0 Å². The van der Waals surface area contributed by atoms with Crippen LogP contribution >= 0.6 is 0 Å². The zero-order chi connectivity index (χ0) is 17.4. The number of rotatable bonds is 8. The summed E-state index contributed by atoms with van der Waals surface area (Å²) in [5.74, 6) is -0.0623. The molecular formula is C20H27N3O. The summed E-state index contributed by atoms with van der Waals surface area (Å²) < 4.78 is 0. The molecule has 0 bridgehead atoms. The zero-order valence-electron chi connectivity index (χ0n) is 14.8. The summed E-state index contributed by atoms with van der Waals surface area (Å²) in [6, 6.07) is 14.4. The molecule has 1 aromatic carbocycles. The van der Waals surface area contributed by atoms with E-state index in [0.717, 1.165) is 25.2 Å². The highest BCUT2D eigenvalue weighted by molar-refractivity contribution is 5.93. The predicted octanol–water partition coefficient (Wildman–Crippen LogP) is 3.07. The van der Waals surface area contributed by atoms with Gasteiger partial charge in [-0.25, -0.2) is 0 Å². The average Bonchev–Trinajstić information content (AvgIpc) is 2.61. The van der Waals surface area contributed by atoms with Gasteiger partial charge in [0.25, 0.3) is 5.91 Å². The number of amides is 1. The summed E-state index contributed by atoms with van der Waals surface area (Å²) in [5, 5.41) is 3.07. The largest absolute Gasteiger partial charge is 0.350 e.